The van der Waals surface area contributed by atoms with Crippen molar-refractivity contribution in [1.82, 2.24) is 10.2 Å². The summed E-state index contributed by atoms with van der Waals surface area (Å²) >= 11 is 0. The Morgan fingerprint density at radius 1 is 1.14 bits per heavy atom. The second-order valence-electron chi connectivity index (χ2n) is 7.40. The molecule has 1 N–H and O–H groups in total. The van der Waals surface area contributed by atoms with E-state index in [2.05, 4.69) is 41.4 Å². The third kappa shape index (κ3) is 3.40. The third-order valence-electron chi connectivity index (χ3n) is 5.86. The van der Waals surface area contributed by atoms with Crippen molar-refractivity contribution < 1.29 is 19.0 Å². The van der Waals surface area contributed by atoms with E-state index in [1.807, 2.05) is 18.2 Å². The standard InChI is InChI=1S/C22H26N2O4/c1-14-18(16-6-9-19-20(10-16)28-13-27-19)11-24(12-21(25)23-2)22(14)15-4-7-17(26-3)8-5-15/h4-10,14,18,22H,11-13H2,1-3H3,(H,23,25). The fourth-order valence-electron chi connectivity index (χ4n) is 4.38. The topological polar surface area (TPSA) is 60.0 Å². The van der Waals surface area contributed by atoms with Gasteiger partial charge in [0.15, 0.2) is 11.5 Å². The molecule has 2 aromatic rings. The van der Waals surface area contributed by atoms with Crippen LogP contribution in [0.15, 0.2) is 42.5 Å². The van der Waals surface area contributed by atoms with Gasteiger partial charge in [0.1, 0.15) is 5.75 Å². The molecule has 6 heteroatoms. The predicted octanol–water partition coefficient (Wildman–Crippen LogP) is 2.95. The lowest BCUT2D eigenvalue weighted by Crippen LogP contribution is -2.36. The number of carbonyl (C=O) groups is 1. The highest BCUT2D eigenvalue weighted by Crippen LogP contribution is 2.47. The van der Waals surface area contributed by atoms with Gasteiger partial charge in [-0.2, -0.15) is 0 Å². The molecule has 3 unspecified atom stereocenters. The van der Waals surface area contributed by atoms with Crippen molar-refractivity contribution in [2.75, 3.05) is 34.0 Å². The first-order valence-corrected chi connectivity index (χ1v) is 9.59. The van der Waals surface area contributed by atoms with Gasteiger partial charge >= 0.3 is 0 Å². The highest BCUT2D eigenvalue weighted by atomic mass is 16.7. The van der Waals surface area contributed by atoms with E-state index in [0.29, 0.717) is 18.4 Å². The van der Waals surface area contributed by atoms with Gasteiger partial charge in [0.25, 0.3) is 0 Å². The van der Waals surface area contributed by atoms with Crippen LogP contribution >= 0.6 is 0 Å². The van der Waals surface area contributed by atoms with Gasteiger partial charge in [-0.05, 0) is 41.3 Å². The summed E-state index contributed by atoms with van der Waals surface area (Å²) in [6.45, 7) is 3.72. The zero-order valence-corrected chi connectivity index (χ0v) is 16.5. The van der Waals surface area contributed by atoms with E-state index >= 15 is 0 Å². The van der Waals surface area contributed by atoms with Crippen LogP contribution < -0.4 is 19.5 Å². The van der Waals surface area contributed by atoms with E-state index < -0.39 is 0 Å². The molecule has 2 heterocycles. The van der Waals surface area contributed by atoms with Crippen LogP contribution in [0.4, 0.5) is 0 Å². The monoisotopic (exact) mass is 382 g/mol. The molecule has 2 aliphatic rings. The Labute approximate surface area is 165 Å². The largest absolute Gasteiger partial charge is 0.497 e. The quantitative estimate of drug-likeness (QED) is 0.862. The molecule has 1 amide bonds. The Kier molecular flexibility index (Phi) is 5.13. The lowest BCUT2D eigenvalue weighted by Gasteiger charge is -2.27. The van der Waals surface area contributed by atoms with Crippen LogP contribution in [0.25, 0.3) is 0 Å². The van der Waals surface area contributed by atoms with E-state index in [9.17, 15) is 4.79 Å². The van der Waals surface area contributed by atoms with Crippen molar-refractivity contribution in [3.05, 3.63) is 53.6 Å². The van der Waals surface area contributed by atoms with Gasteiger partial charge in [0.2, 0.25) is 12.7 Å². The lowest BCUT2D eigenvalue weighted by molar-refractivity contribution is -0.122. The molecule has 0 radical (unpaired) electrons. The molecule has 0 bridgehead atoms. The molecular formula is C22H26N2O4. The number of fused-ring (bicyclic) bond motifs is 1. The minimum absolute atomic E-state index is 0.0250. The summed E-state index contributed by atoms with van der Waals surface area (Å²) in [4.78, 5) is 14.4. The molecule has 6 nitrogen and oxygen atoms in total. The smallest absolute Gasteiger partial charge is 0.233 e. The summed E-state index contributed by atoms with van der Waals surface area (Å²) in [5, 5.41) is 2.75. The summed E-state index contributed by atoms with van der Waals surface area (Å²) in [7, 11) is 3.35. The molecule has 0 aliphatic carbocycles. The van der Waals surface area contributed by atoms with Gasteiger partial charge in [-0.25, -0.2) is 0 Å². The average Bonchev–Trinajstić information content (AvgIpc) is 3.31. The molecule has 4 rings (SSSR count). The number of hydrogen-bond acceptors (Lipinski definition) is 5. The molecule has 0 spiro atoms. The van der Waals surface area contributed by atoms with Crippen LogP contribution in [0.2, 0.25) is 0 Å². The first kappa shape index (κ1) is 18.6. The maximum Gasteiger partial charge on any atom is 0.233 e. The Bertz CT molecular complexity index is 852. The van der Waals surface area contributed by atoms with E-state index in [-0.39, 0.29) is 18.7 Å². The van der Waals surface area contributed by atoms with Crippen molar-refractivity contribution in [3.8, 4) is 17.2 Å². The maximum atomic E-state index is 12.1. The van der Waals surface area contributed by atoms with Crippen LogP contribution in [-0.2, 0) is 4.79 Å². The zero-order chi connectivity index (χ0) is 19.7. The minimum atomic E-state index is 0.0250. The van der Waals surface area contributed by atoms with Gasteiger partial charge in [-0.3, -0.25) is 9.69 Å². The van der Waals surface area contributed by atoms with Gasteiger partial charge in [-0.1, -0.05) is 25.1 Å². The van der Waals surface area contributed by atoms with Crippen molar-refractivity contribution in [2.24, 2.45) is 5.92 Å². The van der Waals surface area contributed by atoms with Gasteiger partial charge < -0.3 is 19.5 Å². The number of benzene rings is 2. The summed E-state index contributed by atoms with van der Waals surface area (Å²) in [5.41, 5.74) is 2.41. The summed E-state index contributed by atoms with van der Waals surface area (Å²) in [6, 6.07) is 14.5. The fraction of sp³-hybridized carbons (Fsp3) is 0.409. The SMILES string of the molecule is CNC(=O)CN1CC(c2ccc3c(c2)OCO3)C(C)C1c1ccc(OC)cc1. The number of rotatable bonds is 5. The molecule has 1 saturated heterocycles. The number of ether oxygens (including phenoxy) is 3. The molecule has 1 fully saturated rings. The number of nitrogens with one attached hydrogen (secondary N) is 1. The van der Waals surface area contributed by atoms with Crippen molar-refractivity contribution in [3.63, 3.8) is 0 Å². The summed E-state index contributed by atoms with van der Waals surface area (Å²) in [6.07, 6.45) is 0. The summed E-state index contributed by atoms with van der Waals surface area (Å²) in [5.74, 6) is 3.08. The number of methoxy groups -OCH3 is 1. The normalized spacial score (nSPS) is 23.6. The number of likely N-dealkylation sites (tertiary alicyclic amines) is 1. The van der Waals surface area contributed by atoms with E-state index in [1.165, 1.54) is 11.1 Å². The molecule has 0 saturated carbocycles. The Hall–Kier alpha value is -2.73. The highest BCUT2D eigenvalue weighted by molar-refractivity contribution is 5.77. The van der Waals surface area contributed by atoms with E-state index in [0.717, 1.165) is 23.8 Å². The molecule has 148 valence electrons. The molecule has 2 aromatic carbocycles. The van der Waals surface area contributed by atoms with Crippen molar-refractivity contribution >= 4 is 5.91 Å². The zero-order valence-electron chi connectivity index (χ0n) is 16.5. The van der Waals surface area contributed by atoms with Crippen LogP contribution in [0.1, 0.15) is 30.0 Å². The van der Waals surface area contributed by atoms with Crippen LogP contribution in [0.3, 0.4) is 0 Å². The number of likely N-dealkylation sites (N-methyl/N-ethyl adjacent to an activating group) is 1. The minimum Gasteiger partial charge on any atom is -0.497 e. The van der Waals surface area contributed by atoms with Crippen molar-refractivity contribution in [1.29, 1.82) is 0 Å². The Morgan fingerprint density at radius 3 is 2.57 bits per heavy atom. The third-order valence-corrected chi connectivity index (χ3v) is 5.86. The van der Waals surface area contributed by atoms with Crippen LogP contribution in [-0.4, -0.2) is 44.8 Å². The van der Waals surface area contributed by atoms with Gasteiger partial charge in [-0.15, -0.1) is 0 Å². The summed E-state index contributed by atoms with van der Waals surface area (Å²) < 4.78 is 16.3. The highest BCUT2D eigenvalue weighted by Gasteiger charge is 2.41. The first-order valence-electron chi connectivity index (χ1n) is 9.59. The van der Waals surface area contributed by atoms with Crippen LogP contribution in [0, 0.1) is 5.92 Å². The fourth-order valence-corrected chi connectivity index (χ4v) is 4.38. The molecule has 0 aromatic heterocycles. The second kappa shape index (κ2) is 7.72. The Balaban J connectivity index is 1.65. The van der Waals surface area contributed by atoms with Gasteiger partial charge in [0, 0.05) is 25.6 Å². The molecule has 2 aliphatic heterocycles. The predicted molar refractivity (Wildman–Crippen MR) is 106 cm³/mol. The van der Waals surface area contributed by atoms with Gasteiger partial charge in [0.05, 0.1) is 13.7 Å². The van der Waals surface area contributed by atoms with E-state index in [4.69, 9.17) is 14.2 Å². The molecule has 3 atom stereocenters. The number of nitrogens with zero attached hydrogens (tertiary/aromatic N) is 1. The molecule has 28 heavy (non-hydrogen) atoms. The number of hydrogen-bond donors (Lipinski definition) is 1. The number of carbonyl (C=O) groups excluding carboxylic acids is 1. The maximum absolute atomic E-state index is 12.1. The van der Waals surface area contributed by atoms with Crippen molar-refractivity contribution in [2.45, 2.75) is 18.9 Å². The second-order valence-corrected chi connectivity index (χ2v) is 7.40. The molecular weight excluding hydrogens is 356 g/mol. The number of amides is 1. The average molecular weight is 382 g/mol. The Morgan fingerprint density at radius 2 is 1.86 bits per heavy atom. The first-order chi connectivity index (χ1) is 13.6. The van der Waals surface area contributed by atoms with E-state index in [1.54, 1.807) is 14.2 Å². The van der Waals surface area contributed by atoms with Crippen LogP contribution in [0.5, 0.6) is 17.2 Å². The lowest BCUT2D eigenvalue weighted by atomic mass is 9.84.